The summed E-state index contributed by atoms with van der Waals surface area (Å²) in [7, 11) is 0. The third kappa shape index (κ3) is 7.64. The van der Waals surface area contributed by atoms with Gasteiger partial charge in [0.15, 0.2) is 0 Å². The topological polar surface area (TPSA) is 50.7 Å². The number of nitrogens with zero attached hydrogens (tertiary/aromatic N) is 1. The fourth-order valence-electron chi connectivity index (χ4n) is 2.46. The molecule has 1 amide bonds. The minimum absolute atomic E-state index is 0.105. The number of hydrogen-bond donors (Lipinski definition) is 1. The Kier molecular flexibility index (Phi) is 8.16. The Balaban J connectivity index is 1.38. The molecule has 0 aliphatic heterocycles. The number of rotatable bonds is 9. The number of carbonyl (C=O) groups is 1. The molecule has 0 unspecified atom stereocenters. The van der Waals surface area contributed by atoms with Crippen LogP contribution in [0.1, 0.15) is 17.5 Å². The van der Waals surface area contributed by atoms with Gasteiger partial charge in [0.2, 0.25) is 5.91 Å². The second-order valence-corrected chi connectivity index (χ2v) is 7.80. The highest BCUT2D eigenvalue weighted by atomic mass is 35.5. The summed E-state index contributed by atoms with van der Waals surface area (Å²) in [5.41, 5.74) is 4.44. The van der Waals surface area contributed by atoms with Gasteiger partial charge in [-0.1, -0.05) is 41.9 Å². The molecule has 0 heterocycles. The van der Waals surface area contributed by atoms with Crippen LogP contribution in [0.3, 0.4) is 0 Å². The molecule has 0 fully saturated rings. The van der Waals surface area contributed by atoms with Crippen molar-refractivity contribution in [3.8, 4) is 5.75 Å². The largest absolute Gasteiger partial charge is 0.489 e. The molecule has 0 atom stereocenters. The Bertz CT molecular complexity index is 947. The van der Waals surface area contributed by atoms with Crippen LogP contribution in [0.4, 0.5) is 0 Å². The van der Waals surface area contributed by atoms with Crippen molar-refractivity contribution in [2.24, 2.45) is 5.10 Å². The molecule has 4 nitrogen and oxygen atoms in total. The van der Waals surface area contributed by atoms with Gasteiger partial charge in [0.1, 0.15) is 12.4 Å². The molecule has 0 spiro atoms. The number of benzene rings is 3. The van der Waals surface area contributed by atoms with E-state index in [1.165, 1.54) is 0 Å². The minimum Gasteiger partial charge on any atom is -0.489 e. The average Bonchev–Trinajstić information content (AvgIpc) is 2.74. The van der Waals surface area contributed by atoms with Gasteiger partial charge < -0.3 is 4.74 Å². The lowest BCUT2D eigenvalue weighted by atomic mass is 10.2. The number of hydrogen-bond acceptors (Lipinski definition) is 4. The van der Waals surface area contributed by atoms with Gasteiger partial charge >= 0.3 is 0 Å². The Morgan fingerprint density at radius 1 is 1.03 bits per heavy atom. The van der Waals surface area contributed by atoms with Crippen LogP contribution >= 0.6 is 23.4 Å². The van der Waals surface area contributed by atoms with E-state index in [1.807, 2.05) is 78.9 Å². The standard InChI is InChI=1S/C23H21ClN2O2S/c24-20-6-4-5-19(15-20)17-28-21-11-9-18(10-12-21)16-25-26-23(27)13-14-29-22-7-2-1-3-8-22/h1-12,15-16H,13-14,17H2,(H,26,27)/b25-16-. The van der Waals surface area contributed by atoms with Crippen LogP contribution in [0.15, 0.2) is 88.9 Å². The van der Waals surface area contributed by atoms with E-state index in [-0.39, 0.29) is 5.91 Å². The smallest absolute Gasteiger partial charge is 0.240 e. The molecular formula is C23H21ClN2O2S. The number of halogens is 1. The summed E-state index contributed by atoms with van der Waals surface area (Å²) in [5, 5.41) is 4.70. The van der Waals surface area contributed by atoms with Crippen LogP contribution in [0.25, 0.3) is 0 Å². The zero-order chi connectivity index (χ0) is 20.3. The van der Waals surface area contributed by atoms with Crippen LogP contribution in [0.5, 0.6) is 5.75 Å². The number of nitrogens with one attached hydrogen (secondary N) is 1. The van der Waals surface area contributed by atoms with Crippen molar-refractivity contribution in [3.63, 3.8) is 0 Å². The summed E-state index contributed by atoms with van der Waals surface area (Å²) < 4.78 is 5.75. The molecule has 3 aromatic carbocycles. The second kappa shape index (κ2) is 11.3. The van der Waals surface area contributed by atoms with Crippen LogP contribution < -0.4 is 10.2 Å². The number of ether oxygens (including phenoxy) is 1. The van der Waals surface area contributed by atoms with Crippen molar-refractivity contribution < 1.29 is 9.53 Å². The third-order valence-corrected chi connectivity index (χ3v) is 5.17. The molecule has 3 aromatic rings. The number of thioether (sulfide) groups is 1. The van der Waals surface area contributed by atoms with E-state index in [1.54, 1.807) is 18.0 Å². The number of amides is 1. The van der Waals surface area contributed by atoms with E-state index < -0.39 is 0 Å². The van der Waals surface area contributed by atoms with Gasteiger partial charge in [-0.05, 0) is 59.7 Å². The van der Waals surface area contributed by atoms with Crippen molar-refractivity contribution in [3.05, 3.63) is 95.0 Å². The average molecular weight is 425 g/mol. The molecule has 0 aliphatic carbocycles. The molecule has 1 N–H and O–H groups in total. The van der Waals surface area contributed by atoms with Crippen molar-refractivity contribution >= 4 is 35.5 Å². The molecule has 0 bridgehead atoms. The van der Waals surface area contributed by atoms with E-state index in [0.29, 0.717) is 23.8 Å². The van der Waals surface area contributed by atoms with Gasteiger partial charge in [-0.25, -0.2) is 5.43 Å². The normalized spacial score (nSPS) is 10.8. The lowest BCUT2D eigenvalue weighted by Gasteiger charge is -2.06. The zero-order valence-corrected chi connectivity index (χ0v) is 17.3. The maximum atomic E-state index is 11.9. The lowest BCUT2D eigenvalue weighted by Crippen LogP contribution is -2.17. The summed E-state index contributed by atoms with van der Waals surface area (Å²) in [6, 6.07) is 25.1. The van der Waals surface area contributed by atoms with Gasteiger partial charge in [-0.3, -0.25) is 4.79 Å². The summed E-state index contributed by atoms with van der Waals surface area (Å²) in [5.74, 6) is 1.36. The fraction of sp³-hybridized carbons (Fsp3) is 0.130. The highest BCUT2D eigenvalue weighted by Crippen LogP contribution is 2.18. The maximum Gasteiger partial charge on any atom is 0.240 e. The Morgan fingerprint density at radius 3 is 2.59 bits per heavy atom. The van der Waals surface area contributed by atoms with E-state index in [2.05, 4.69) is 10.5 Å². The maximum absolute atomic E-state index is 11.9. The summed E-state index contributed by atoms with van der Waals surface area (Å²) in [4.78, 5) is 13.0. The first-order valence-electron chi connectivity index (χ1n) is 9.16. The summed E-state index contributed by atoms with van der Waals surface area (Å²) in [6.45, 7) is 0.449. The van der Waals surface area contributed by atoms with Gasteiger partial charge in [0, 0.05) is 22.1 Å². The molecule has 0 aliphatic rings. The van der Waals surface area contributed by atoms with Crippen LogP contribution in [-0.4, -0.2) is 17.9 Å². The molecule has 29 heavy (non-hydrogen) atoms. The van der Waals surface area contributed by atoms with Crippen LogP contribution in [-0.2, 0) is 11.4 Å². The molecule has 3 rings (SSSR count). The van der Waals surface area contributed by atoms with E-state index in [9.17, 15) is 4.79 Å². The third-order valence-electron chi connectivity index (χ3n) is 3.92. The molecule has 6 heteroatoms. The second-order valence-electron chi connectivity index (χ2n) is 6.19. The van der Waals surface area contributed by atoms with Crippen LogP contribution in [0.2, 0.25) is 5.02 Å². The van der Waals surface area contributed by atoms with E-state index in [0.717, 1.165) is 21.8 Å². The van der Waals surface area contributed by atoms with Gasteiger partial charge in [0.05, 0.1) is 6.21 Å². The quantitative estimate of drug-likeness (QED) is 0.278. The molecule has 0 radical (unpaired) electrons. The lowest BCUT2D eigenvalue weighted by molar-refractivity contribution is -0.120. The molecule has 0 saturated carbocycles. The Labute approximate surface area is 179 Å². The summed E-state index contributed by atoms with van der Waals surface area (Å²) >= 11 is 7.62. The molecule has 0 aromatic heterocycles. The van der Waals surface area contributed by atoms with Gasteiger partial charge in [-0.2, -0.15) is 5.10 Å². The Morgan fingerprint density at radius 2 is 1.83 bits per heavy atom. The first-order valence-corrected chi connectivity index (χ1v) is 10.5. The Hall–Kier alpha value is -2.76. The number of carbonyl (C=O) groups excluding carboxylic acids is 1. The van der Waals surface area contributed by atoms with Gasteiger partial charge in [0.25, 0.3) is 0 Å². The van der Waals surface area contributed by atoms with Crippen LogP contribution in [0, 0.1) is 0 Å². The molecule has 0 saturated heterocycles. The number of hydrazone groups is 1. The highest BCUT2D eigenvalue weighted by molar-refractivity contribution is 7.99. The van der Waals surface area contributed by atoms with E-state index in [4.69, 9.17) is 16.3 Å². The first kappa shape index (κ1) is 21.0. The minimum atomic E-state index is -0.105. The predicted octanol–water partition coefficient (Wildman–Crippen LogP) is 5.55. The van der Waals surface area contributed by atoms with Crippen molar-refractivity contribution in [1.82, 2.24) is 5.43 Å². The van der Waals surface area contributed by atoms with Crippen molar-refractivity contribution in [2.45, 2.75) is 17.9 Å². The van der Waals surface area contributed by atoms with Crippen molar-refractivity contribution in [1.29, 1.82) is 0 Å². The van der Waals surface area contributed by atoms with Gasteiger partial charge in [-0.15, -0.1) is 11.8 Å². The molecular weight excluding hydrogens is 404 g/mol. The molecule has 148 valence electrons. The fourth-order valence-corrected chi connectivity index (χ4v) is 3.54. The zero-order valence-electron chi connectivity index (χ0n) is 15.8. The van der Waals surface area contributed by atoms with E-state index >= 15 is 0 Å². The monoisotopic (exact) mass is 424 g/mol. The summed E-state index contributed by atoms with van der Waals surface area (Å²) in [6.07, 6.45) is 2.02. The highest BCUT2D eigenvalue weighted by Gasteiger charge is 2.01. The predicted molar refractivity (Wildman–Crippen MR) is 120 cm³/mol. The SMILES string of the molecule is O=C(CCSc1ccccc1)N/N=C\c1ccc(OCc2cccc(Cl)c2)cc1. The van der Waals surface area contributed by atoms with Crippen molar-refractivity contribution in [2.75, 3.05) is 5.75 Å². The first-order chi connectivity index (χ1) is 14.2.